The molecule has 1 N–H and O–H groups in total. The molecule has 6 heteroatoms. The quantitative estimate of drug-likeness (QED) is 0.790. The van der Waals surface area contributed by atoms with Crippen molar-refractivity contribution in [3.63, 3.8) is 0 Å². The van der Waals surface area contributed by atoms with Crippen LogP contribution in [0.1, 0.15) is 20.9 Å². The van der Waals surface area contributed by atoms with Crippen LogP contribution in [0.3, 0.4) is 0 Å². The highest BCUT2D eigenvalue weighted by atomic mass is 32.1. The number of amides is 1. The number of carbonyl (C=O) groups is 1. The lowest BCUT2D eigenvalue weighted by atomic mass is 10.1. The van der Waals surface area contributed by atoms with Gasteiger partial charge in [-0.15, -0.1) is 0 Å². The summed E-state index contributed by atoms with van der Waals surface area (Å²) in [6.07, 6.45) is 1.79. The van der Waals surface area contributed by atoms with Gasteiger partial charge in [-0.25, -0.2) is 4.98 Å². The first kappa shape index (κ1) is 13.9. The van der Waals surface area contributed by atoms with Crippen molar-refractivity contribution in [2.45, 2.75) is 13.8 Å². The van der Waals surface area contributed by atoms with Gasteiger partial charge >= 0.3 is 0 Å². The molecule has 0 saturated heterocycles. The summed E-state index contributed by atoms with van der Waals surface area (Å²) < 4.78 is 4.10. The molecule has 0 radical (unpaired) electrons. The van der Waals surface area contributed by atoms with Gasteiger partial charge in [0.15, 0.2) is 5.13 Å². The molecule has 0 aliphatic carbocycles. The number of rotatable bonds is 3. The van der Waals surface area contributed by atoms with Crippen LogP contribution in [0.15, 0.2) is 36.5 Å². The topological polar surface area (TPSA) is 54.9 Å². The molecule has 0 aliphatic heterocycles. The summed E-state index contributed by atoms with van der Waals surface area (Å²) in [7, 11) is 0. The Balaban J connectivity index is 1.80. The Bertz CT molecular complexity index is 792. The van der Waals surface area contributed by atoms with Crippen LogP contribution in [0.5, 0.6) is 0 Å². The number of aromatic nitrogens is 2. The Morgan fingerprint density at radius 3 is 2.76 bits per heavy atom. The fourth-order valence-corrected chi connectivity index (χ4v) is 3.38. The van der Waals surface area contributed by atoms with Crippen LogP contribution in [-0.2, 0) is 0 Å². The Hall–Kier alpha value is -2.05. The standard InChI is InChI=1S/C15H13N3OS2/c1-9-5-3-4-6-11(9)13-8-16-15(20-13)17-14(19)12-7-10(2)21-18-12/h3-8H,1-2H3,(H,16,17,19). The van der Waals surface area contributed by atoms with Crippen molar-refractivity contribution in [2.75, 3.05) is 5.32 Å². The molecule has 2 heterocycles. The highest BCUT2D eigenvalue weighted by molar-refractivity contribution is 7.19. The lowest BCUT2D eigenvalue weighted by Gasteiger charge is -2.00. The van der Waals surface area contributed by atoms with Crippen LogP contribution in [-0.4, -0.2) is 15.3 Å². The number of hydrogen-bond acceptors (Lipinski definition) is 5. The van der Waals surface area contributed by atoms with Crippen LogP contribution in [0, 0.1) is 13.8 Å². The van der Waals surface area contributed by atoms with Crippen LogP contribution < -0.4 is 5.32 Å². The maximum atomic E-state index is 12.0. The third-order valence-corrected chi connectivity index (χ3v) is 4.64. The highest BCUT2D eigenvalue weighted by Gasteiger charge is 2.13. The molecule has 1 aromatic carbocycles. The third kappa shape index (κ3) is 3.01. The van der Waals surface area contributed by atoms with E-state index in [1.807, 2.05) is 19.1 Å². The average molecular weight is 315 g/mol. The monoisotopic (exact) mass is 315 g/mol. The van der Waals surface area contributed by atoms with Gasteiger partial charge in [0, 0.05) is 11.1 Å². The summed E-state index contributed by atoms with van der Waals surface area (Å²) in [4.78, 5) is 18.4. The molecule has 3 rings (SSSR count). The minimum absolute atomic E-state index is 0.218. The van der Waals surface area contributed by atoms with Crippen molar-refractivity contribution in [1.29, 1.82) is 0 Å². The fourth-order valence-electron chi connectivity index (χ4n) is 1.94. The average Bonchev–Trinajstić information content (AvgIpc) is 3.08. The summed E-state index contributed by atoms with van der Waals surface area (Å²) in [5.41, 5.74) is 2.76. The van der Waals surface area contributed by atoms with E-state index in [0.29, 0.717) is 10.8 Å². The Morgan fingerprint density at radius 1 is 1.24 bits per heavy atom. The van der Waals surface area contributed by atoms with Crippen LogP contribution in [0.4, 0.5) is 5.13 Å². The fraction of sp³-hybridized carbons (Fsp3) is 0.133. The molecule has 2 aromatic heterocycles. The second-order valence-corrected chi connectivity index (χ2v) is 6.66. The first-order valence-corrected chi connectivity index (χ1v) is 7.99. The Kier molecular flexibility index (Phi) is 3.81. The molecule has 0 spiro atoms. The SMILES string of the molecule is Cc1cc(C(=O)Nc2ncc(-c3ccccc3C)s2)ns1. The molecule has 106 valence electrons. The van der Waals surface area contributed by atoms with E-state index in [-0.39, 0.29) is 5.91 Å². The molecule has 21 heavy (non-hydrogen) atoms. The summed E-state index contributed by atoms with van der Waals surface area (Å²) >= 11 is 2.78. The first-order valence-electron chi connectivity index (χ1n) is 6.40. The zero-order chi connectivity index (χ0) is 14.8. The van der Waals surface area contributed by atoms with Crippen molar-refractivity contribution in [3.05, 3.63) is 52.7 Å². The molecule has 1 amide bonds. The zero-order valence-electron chi connectivity index (χ0n) is 11.6. The highest BCUT2D eigenvalue weighted by Crippen LogP contribution is 2.31. The maximum Gasteiger partial charge on any atom is 0.277 e. The van der Waals surface area contributed by atoms with Crippen molar-refractivity contribution in [1.82, 2.24) is 9.36 Å². The first-order chi connectivity index (χ1) is 10.1. The maximum absolute atomic E-state index is 12.0. The normalized spacial score (nSPS) is 10.6. The number of nitrogens with one attached hydrogen (secondary N) is 1. The smallest absolute Gasteiger partial charge is 0.277 e. The number of aryl methyl sites for hydroxylation is 2. The number of benzene rings is 1. The predicted octanol–water partition coefficient (Wildman–Crippen LogP) is 4.14. The molecule has 4 nitrogen and oxygen atoms in total. The number of anilines is 1. The predicted molar refractivity (Wildman–Crippen MR) is 87.1 cm³/mol. The van der Waals surface area contributed by atoms with Crippen LogP contribution in [0.2, 0.25) is 0 Å². The second-order valence-electron chi connectivity index (χ2n) is 4.62. The van der Waals surface area contributed by atoms with E-state index in [1.54, 1.807) is 12.3 Å². The number of hydrogen-bond donors (Lipinski definition) is 1. The van der Waals surface area contributed by atoms with Crippen molar-refractivity contribution in [2.24, 2.45) is 0 Å². The molecule has 0 unspecified atom stereocenters. The Labute approximate surface area is 130 Å². The van der Waals surface area contributed by atoms with Gasteiger partial charge in [-0.1, -0.05) is 35.6 Å². The Morgan fingerprint density at radius 2 is 2.05 bits per heavy atom. The van der Waals surface area contributed by atoms with Crippen molar-refractivity contribution >= 4 is 33.9 Å². The van der Waals surface area contributed by atoms with E-state index in [4.69, 9.17) is 0 Å². The van der Waals surface area contributed by atoms with E-state index in [9.17, 15) is 4.79 Å². The van der Waals surface area contributed by atoms with Gasteiger partial charge in [0.2, 0.25) is 0 Å². The van der Waals surface area contributed by atoms with E-state index < -0.39 is 0 Å². The molecule has 0 fully saturated rings. The largest absolute Gasteiger partial charge is 0.296 e. The van der Waals surface area contributed by atoms with Crippen LogP contribution in [0.25, 0.3) is 10.4 Å². The minimum atomic E-state index is -0.218. The van der Waals surface area contributed by atoms with Gasteiger partial charge in [0.25, 0.3) is 5.91 Å². The number of nitrogens with zero attached hydrogens (tertiary/aromatic N) is 2. The van der Waals surface area contributed by atoms with E-state index in [1.165, 1.54) is 28.4 Å². The van der Waals surface area contributed by atoms with Gasteiger partial charge in [-0.2, -0.15) is 4.37 Å². The molecule has 0 saturated carbocycles. The van der Waals surface area contributed by atoms with E-state index >= 15 is 0 Å². The molecular formula is C15H13N3OS2. The van der Waals surface area contributed by atoms with Gasteiger partial charge in [-0.05, 0) is 42.6 Å². The number of thiazole rings is 1. The van der Waals surface area contributed by atoms with Gasteiger partial charge in [-0.3, -0.25) is 10.1 Å². The molecule has 0 aliphatic rings. The van der Waals surface area contributed by atoms with Gasteiger partial charge < -0.3 is 0 Å². The van der Waals surface area contributed by atoms with Crippen molar-refractivity contribution < 1.29 is 4.79 Å². The summed E-state index contributed by atoms with van der Waals surface area (Å²) in [6, 6.07) is 9.89. The van der Waals surface area contributed by atoms with E-state index in [0.717, 1.165) is 15.3 Å². The minimum Gasteiger partial charge on any atom is -0.296 e. The number of carbonyl (C=O) groups excluding carboxylic acids is 1. The lowest BCUT2D eigenvalue weighted by molar-refractivity contribution is 0.102. The van der Waals surface area contributed by atoms with Gasteiger partial charge in [0.1, 0.15) is 5.69 Å². The summed E-state index contributed by atoms with van der Waals surface area (Å²) in [5, 5.41) is 3.38. The van der Waals surface area contributed by atoms with Crippen molar-refractivity contribution in [3.8, 4) is 10.4 Å². The van der Waals surface area contributed by atoms with Gasteiger partial charge in [0.05, 0.1) is 4.88 Å². The molecule has 0 atom stereocenters. The molecule has 3 aromatic rings. The lowest BCUT2D eigenvalue weighted by Crippen LogP contribution is -2.11. The summed E-state index contributed by atoms with van der Waals surface area (Å²) in [6.45, 7) is 3.99. The zero-order valence-corrected chi connectivity index (χ0v) is 13.2. The van der Waals surface area contributed by atoms with Crippen LogP contribution >= 0.6 is 22.9 Å². The molecule has 0 bridgehead atoms. The van der Waals surface area contributed by atoms with E-state index in [2.05, 4.69) is 33.7 Å². The second kappa shape index (κ2) is 5.75. The molecular weight excluding hydrogens is 302 g/mol. The third-order valence-electron chi connectivity index (χ3n) is 3.00. The summed E-state index contributed by atoms with van der Waals surface area (Å²) in [5.74, 6) is -0.218.